The Morgan fingerprint density at radius 2 is 2.00 bits per heavy atom. The van der Waals surface area contributed by atoms with Crippen LogP contribution in [-0.4, -0.2) is 43.5 Å². The van der Waals surface area contributed by atoms with Crippen LogP contribution in [-0.2, 0) is 4.79 Å². The van der Waals surface area contributed by atoms with Crippen LogP contribution in [0.15, 0.2) is 0 Å². The van der Waals surface area contributed by atoms with E-state index in [-0.39, 0.29) is 18.0 Å². The van der Waals surface area contributed by atoms with Gasteiger partial charge >= 0.3 is 0 Å². The highest BCUT2D eigenvalue weighted by Crippen LogP contribution is 2.31. The van der Waals surface area contributed by atoms with Gasteiger partial charge in [-0.15, -0.1) is 0 Å². The third-order valence-electron chi connectivity index (χ3n) is 3.20. The Morgan fingerprint density at radius 3 is 2.38 bits per heavy atom. The van der Waals surface area contributed by atoms with E-state index in [1.807, 2.05) is 19.0 Å². The molecule has 1 amide bonds. The molecule has 1 aliphatic carbocycles. The Kier molecular flexibility index (Phi) is 4.74. The molecule has 16 heavy (non-hydrogen) atoms. The van der Waals surface area contributed by atoms with E-state index in [0.29, 0.717) is 18.4 Å². The lowest BCUT2D eigenvalue weighted by Crippen LogP contribution is -2.49. The maximum absolute atomic E-state index is 12.0. The second-order valence-electron chi connectivity index (χ2n) is 5.40. The molecular weight excluding hydrogens is 202 g/mol. The van der Waals surface area contributed by atoms with E-state index < -0.39 is 0 Å². The number of rotatable bonds is 6. The highest BCUT2D eigenvalue weighted by Gasteiger charge is 2.30. The third-order valence-corrected chi connectivity index (χ3v) is 3.20. The van der Waals surface area contributed by atoms with Crippen LogP contribution in [0.5, 0.6) is 0 Å². The lowest BCUT2D eigenvalue weighted by atomic mass is 10.0. The predicted molar refractivity (Wildman–Crippen MR) is 66.0 cm³/mol. The van der Waals surface area contributed by atoms with Crippen LogP contribution in [0.4, 0.5) is 0 Å². The standard InChI is InChI=1S/C12H25N3O/c1-8(2)11(15(3)4)12(16)14-7-10(13)9-5-6-9/h8-11H,5-7,13H2,1-4H3,(H,14,16)/t10?,11-/m1/s1. The SMILES string of the molecule is CC(C)[C@H](C(=O)NCC(N)C1CC1)N(C)C. The number of hydrogen-bond donors (Lipinski definition) is 2. The quantitative estimate of drug-likeness (QED) is 0.691. The fourth-order valence-electron chi connectivity index (χ4n) is 2.15. The number of nitrogens with one attached hydrogen (secondary N) is 1. The molecule has 2 atom stereocenters. The summed E-state index contributed by atoms with van der Waals surface area (Å²) in [5.41, 5.74) is 5.95. The molecule has 4 heteroatoms. The number of carbonyl (C=O) groups excluding carboxylic acids is 1. The van der Waals surface area contributed by atoms with E-state index in [9.17, 15) is 4.79 Å². The lowest BCUT2D eigenvalue weighted by molar-refractivity contribution is -0.127. The van der Waals surface area contributed by atoms with Crippen LogP contribution >= 0.6 is 0 Å². The summed E-state index contributed by atoms with van der Waals surface area (Å²) < 4.78 is 0. The molecule has 0 aromatic rings. The first-order valence-corrected chi connectivity index (χ1v) is 6.13. The minimum Gasteiger partial charge on any atom is -0.353 e. The molecule has 4 nitrogen and oxygen atoms in total. The first-order valence-electron chi connectivity index (χ1n) is 6.13. The fourth-order valence-corrected chi connectivity index (χ4v) is 2.15. The van der Waals surface area contributed by atoms with Crippen molar-refractivity contribution in [2.75, 3.05) is 20.6 Å². The smallest absolute Gasteiger partial charge is 0.237 e. The highest BCUT2D eigenvalue weighted by molar-refractivity contribution is 5.81. The molecule has 0 radical (unpaired) electrons. The molecule has 1 fully saturated rings. The molecule has 0 aromatic carbocycles. The van der Waals surface area contributed by atoms with Crippen molar-refractivity contribution in [1.82, 2.24) is 10.2 Å². The summed E-state index contributed by atoms with van der Waals surface area (Å²) in [5.74, 6) is 1.04. The molecule has 0 bridgehead atoms. The Balaban J connectivity index is 2.36. The molecule has 3 N–H and O–H groups in total. The van der Waals surface area contributed by atoms with Crippen molar-refractivity contribution in [1.29, 1.82) is 0 Å². The van der Waals surface area contributed by atoms with E-state index in [2.05, 4.69) is 19.2 Å². The van der Waals surface area contributed by atoms with Gasteiger partial charge in [0.15, 0.2) is 0 Å². The zero-order valence-electron chi connectivity index (χ0n) is 10.9. The van der Waals surface area contributed by atoms with E-state index in [4.69, 9.17) is 5.73 Å². The fraction of sp³-hybridized carbons (Fsp3) is 0.917. The minimum atomic E-state index is -0.0635. The Labute approximate surface area is 98.6 Å². The van der Waals surface area contributed by atoms with Crippen molar-refractivity contribution < 1.29 is 4.79 Å². The summed E-state index contributed by atoms with van der Waals surface area (Å²) in [6.45, 7) is 4.73. The summed E-state index contributed by atoms with van der Waals surface area (Å²) in [7, 11) is 3.87. The molecule has 1 saturated carbocycles. The number of likely N-dealkylation sites (N-methyl/N-ethyl adjacent to an activating group) is 1. The second-order valence-corrected chi connectivity index (χ2v) is 5.40. The molecule has 0 aromatic heterocycles. The van der Waals surface area contributed by atoms with Crippen molar-refractivity contribution in [3.8, 4) is 0 Å². The average molecular weight is 227 g/mol. The number of carbonyl (C=O) groups is 1. The predicted octanol–water partition coefficient (Wildman–Crippen LogP) is 0.426. The molecular formula is C12H25N3O. The molecule has 1 rings (SSSR count). The first-order chi connectivity index (χ1) is 7.43. The van der Waals surface area contributed by atoms with Gasteiger partial charge in [0.1, 0.15) is 0 Å². The molecule has 1 aliphatic rings. The van der Waals surface area contributed by atoms with Crippen molar-refractivity contribution >= 4 is 5.91 Å². The van der Waals surface area contributed by atoms with Crippen LogP contribution in [0, 0.1) is 11.8 Å². The maximum Gasteiger partial charge on any atom is 0.237 e. The van der Waals surface area contributed by atoms with Gasteiger partial charge in [-0.2, -0.15) is 0 Å². The van der Waals surface area contributed by atoms with Crippen LogP contribution in [0.25, 0.3) is 0 Å². The number of amides is 1. The summed E-state index contributed by atoms with van der Waals surface area (Å²) in [4.78, 5) is 13.9. The molecule has 1 unspecified atom stereocenters. The number of hydrogen-bond acceptors (Lipinski definition) is 3. The molecule has 0 spiro atoms. The second kappa shape index (κ2) is 5.64. The van der Waals surface area contributed by atoms with Gasteiger partial charge in [-0.3, -0.25) is 9.69 Å². The van der Waals surface area contributed by atoms with Crippen LogP contribution < -0.4 is 11.1 Å². The van der Waals surface area contributed by atoms with Gasteiger partial charge in [-0.1, -0.05) is 13.8 Å². The molecule has 0 heterocycles. The average Bonchev–Trinajstić information content (AvgIpc) is 2.95. The van der Waals surface area contributed by atoms with Crippen molar-refractivity contribution in [3.63, 3.8) is 0 Å². The van der Waals surface area contributed by atoms with Gasteiger partial charge < -0.3 is 11.1 Å². The minimum absolute atomic E-state index is 0.0635. The monoisotopic (exact) mass is 227 g/mol. The van der Waals surface area contributed by atoms with Gasteiger partial charge in [-0.25, -0.2) is 0 Å². The van der Waals surface area contributed by atoms with Gasteiger partial charge in [0, 0.05) is 12.6 Å². The molecule has 0 saturated heterocycles. The highest BCUT2D eigenvalue weighted by atomic mass is 16.2. The Morgan fingerprint density at radius 1 is 1.44 bits per heavy atom. The van der Waals surface area contributed by atoms with E-state index in [1.165, 1.54) is 12.8 Å². The van der Waals surface area contributed by atoms with Gasteiger partial charge in [0.2, 0.25) is 5.91 Å². The summed E-state index contributed by atoms with van der Waals surface area (Å²) >= 11 is 0. The number of nitrogens with two attached hydrogens (primary N) is 1. The normalized spacial score (nSPS) is 19.9. The van der Waals surface area contributed by atoms with Gasteiger partial charge in [-0.05, 0) is 38.8 Å². The summed E-state index contributed by atoms with van der Waals surface area (Å²) in [6.07, 6.45) is 2.44. The summed E-state index contributed by atoms with van der Waals surface area (Å²) in [6, 6.07) is 0.0744. The molecule has 0 aliphatic heterocycles. The van der Waals surface area contributed by atoms with Gasteiger partial charge in [0.25, 0.3) is 0 Å². The lowest BCUT2D eigenvalue weighted by Gasteiger charge is -2.27. The third kappa shape index (κ3) is 3.76. The van der Waals surface area contributed by atoms with Crippen molar-refractivity contribution in [2.45, 2.75) is 38.8 Å². The number of nitrogens with zero attached hydrogens (tertiary/aromatic N) is 1. The van der Waals surface area contributed by atoms with Crippen LogP contribution in [0.2, 0.25) is 0 Å². The van der Waals surface area contributed by atoms with Gasteiger partial charge in [0.05, 0.1) is 6.04 Å². The van der Waals surface area contributed by atoms with Crippen LogP contribution in [0.3, 0.4) is 0 Å². The van der Waals surface area contributed by atoms with E-state index in [1.54, 1.807) is 0 Å². The van der Waals surface area contributed by atoms with E-state index >= 15 is 0 Å². The summed E-state index contributed by atoms with van der Waals surface area (Å²) in [5, 5.41) is 2.96. The first kappa shape index (κ1) is 13.5. The zero-order valence-corrected chi connectivity index (χ0v) is 10.9. The largest absolute Gasteiger partial charge is 0.353 e. The Bertz CT molecular complexity index is 228. The topological polar surface area (TPSA) is 58.4 Å². The van der Waals surface area contributed by atoms with E-state index in [0.717, 1.165) is 0 Å². The maximum atomic E-state index is 12.0. The van der Waals surface area contributed by atoms with Crippen molar-refractivity contribution in [3.05, 3.63) is 0 Å². The van der Waals surface area contributed by atoms with Crippen molar-refractivity contribution in [2.24, 2.45) is 17.6 Å². The Hall–Kier alpha value is -0.610. The van der Waals surface area contributed by atoms with Crippen LogP contribution in [0.1, 0.15) is 26.7 Å². The molecule has 94 valence electrons. The zero-order chi connectivity index (χ0) is 12.3.